The first-order chi connectivity index (χ1) is 4.84. The van der Waals surface area contributed by atoms with Gasteiger partial charge < -0.3 is 4.74 Å². The van der Waals surface area contributed by atoms with Crippen molar-refractivity contribution in [1.29, 1.82) is 0 Å². The van der Waals surface area contributed by atoms with Crippen LogP contribution >= 0.6 is 0 Å². The fourth-order valence-electron chi connectivity index (χ4n) is 1.04. The molecule has 58 valence electrons. The molecule has 0 amide bonds. The quantitative estimate of drug-likeness (QED) is 0.430. The van der Waals surface area contributed by atoms with Crippen molar-refractivity contribution in [2.24, 2.45) is 11.8 Å². The van der Waals surface area contributed by atoms with Crippen molar-refractivity contribution < 1.29 is 4.74 Å². The SMILES string of the molecule is CCOC/C=C\[C@@H]1CC1C. The summed E-state index contributed by atoms with van der Waals surface area (Å²) in [5.74, 6) is 1.79. The van der Waals surface area contributed by atoms with E-state index in [0.717, 1.165) is 25.0 Å². The second-order valence-electron chi connectivity index (χ2n) is 2.96. The largest absolute Gasteiger partial charge is 0.378 e. The highest BCUT2D eigenvalue weighted by Gasteiger charge is 2.29. The van der Waals surface area contributed by atoms with E-state index >= 15 is 0 Å². The van der Waals surface area contributed by atoms with E-state index in [0.29, 0.717) is 0 Å². The summed E-state index contributed by atoms with van der Waals surface area (Å²) in [4.78, 5) is 0. The summed E-state index contributed by atoms with van der Waals surface area (Å²) < 4.78 is 5.16. The van der Waals surface area contributed by atoms with Gasteiger partial charge in [-0.05, 0) is 25.2 Å². The molecule has 0 N–H and O–H groups in total. The van der Waals surface area contributed by atoms with Gasteiger partial charge in [-0.15, -0.1) is 0 Å². The molecule has 1 rings (SSSR count). The van der Waals surface area contributed by atoms with E-state index in [1.54, 1.807) is 0 Å². The Bertz CT molecular complexity index is 118. The van der Waals surface area contributed by atoms with E-state index in [4.69, 9.17) is 4.74 Å². The fraction of sp³-hybridized carbons (Fsp3) is 0.778. The van der Waals surface area contributed by atoms with Crippen LogP contribution < -0.4 is 0 Å². The Balaban J connectivity index is 1.96. The van der Waals surface area contributed by atoms with Gasteiger partial charge in [0.05, 0.1) is 6.61 Å². The molecule has 0 radical (unpaired) electrons. The van der Waals surface area contributed by atoms with Gasteiger partial charge in [0.2, 0.25) is 0 Å². The summed E-state index contributed by atoms with van der Waals surface area (Å²) >= 11 is 0. The maximum Gasteiger partial charge on any atom is 0.0647 e. The first kappa shape index (κ1) is 7.80. The molecule has 0 aromatic carbocycles. The van der Waals surface area contributed by atoms with Crippen LogP contribution in [0.25, 0.3) is 0 Å². The summed E-state index contributed by atoms with van der Waals surface area (Å²) in [7, 11) is 0. The topological polar surface area (TPSA) is 9.23 Å². The molecule has 0 aromatic rings. The van der Waals surface area contributed by atoms with Crippen LogP contribution in [0, 0.1) is 11.8 Å². The second kappa shape index (κ2) is 3.77. The molecular formula is C9H16O. The maximum absolute atomic E-state index is 5.16. The Morgan fingerprint density at radius 1 is 1.60 bits per heavy atom. The smallest absolute Gasteiger partial charge is 0.0647 e. The normalized spacial score (nSPS) is 31.4. The third-order valence-electron chi connectivity index (χ3n) is 1.97. The molecule has 1 aliphatic rings. The summed E-state index contributed by atoms with van der Waals surface area (Å²) in [5.41, 5.74) is 0. The van der Waals surface area contributed by atoms with Crippen LogP contribution in [-0.4, -0.2) is 13.2 Å². The monoisotopic (exact) mass is 140 g/mol. The average molecular weight is 140 g/mol. The zero-order valence-electron chi connectivity index (χ0n) is 6.84. The van der Waals surface area contributed by atoms with Crippen LogP contribution in [0.2, 0.25) is 0 Å². The lowest BCUT2D eigenvalue weighted by molar-refractivity contribution is 0.177. The van der Waals surface area contributed by atoms with Gasteiger partial charge in [-0.1, -0.05) is 19.1 Å². The molecule has 2 atom stereocenters. The second-order valence-corrected chi connectivity index (χ2v) is 2.96. The lowest BCUT2D eigenvalue weighted by Crippen LogP contribution is -1.88. The molecule has 1 nitrogen and oxygen atoms in total. The van der Waals surface area contributed by atoms with Crippen molar-refractivity contribution in [2.75, 3.05) is 13.2 Å². The molecule has 0 heterocycles. The van der Waals surface area contributed by atoms with E-state index in [1.165, 1.54) is 6.42 Å². The molecule has 1 saturated carbocycles. The molecule has 0 spiro atoms. The summed E-state index contributed by atoms with van der Waals surface area (Å²) in [6.07, 6.45) is 5.79. The van der Waals surface area contributed by atoms with Crippen molar-refractivity contribution in [3.05, 3.63) is 12.2 Å². The Hall–Kier alpha value is -0.300. The van der Waals surface area contributed by atoms with Gasteiger partial charge in [0.15, 0.2) is 0 Å². The molecule has 1 unspecified atom stereocenters. The number of rotatable bonds is 4. The Kier molecular flexibility index (Phi) is 2.94. The summed E-state index contributed by atoms with van der Waals surface area (Å²) in [5, 5.41) is 0. The fourth-order valence-corrected chi connectivity index (χ4v) is 1.04. The number of ether oxygens (including phenoxy) is 1. The number of hydrogen-bond donors (Lipinski definition) is 0. The van der Waals surface area contributed by atoms with Gasteiger partial charge in [-0.25, -0.2) is 0 Å². The minimum Gasteiger partial charge on any atom is -0.378 e. The predicted octanol–water partition coefficient (Wildman–Crippen LogP) is 2.24. The minimum atomic E-state index is 0.791. The predicted molar refractivity (Wildman–Crippen MR) is 42.9 cm³/mol. The van der Waals surface area contributed by atoms with Crippen molar-refractivity contribution in [3.63, 3.8) is 0 Å². The van der Waals surface area contributed by atoms with Gasteiger partial charge in [0, 0.05) is 6.61 Å². The molecule has 0 bridgehead atoms. The highest BCUT2D eigenvalue weighted by molar-refractivity contribution is 5.00. The maximum atomic E-state index is 5.16. The third-order valence-corrected chi connectivity index (χ3v) is 1.97. The van der Waals surface area contributed by atoms with E-state index in [2.05, 4.69) is 19.1 Å². The van der Waals surface area contributed by atoms with E-state index in [-0.39, 0.29) is 0 Å². The van der Waals surface area contributed by atoms with Crippen molar-refractivity contribution in [3.8, 4) is 0 Å². The van der Waals surface area contributed by atoms with Gasteiger partial charge in [-0.3, -0.25) is 0 Å². The van der Waals surface area contributed by atoms with Gasteiger partial charge >= 0.3 is 0 Å². The van der Waals surface area contributed by atoms with Crippen molar-refractivity contribution in [1.82, 2.24) is 0 Å². The molecule has 0 saturated heterocycles. The summed E-state index contributed by atoms with van der Waals surface area (Å²) in [6, 6.07) is 0. The molecule has 0 aromatic heterocycles. The Labute approximate surface area is 63.1 Å². The van der Waals surface area contributed by atoms with Crippen LogP contribution in [0.1, 0.15) is 20.3 Å². The van der Waals surface area contributed by atoms with E-state index in [9.17, 15) is 0 Å². The summed E-state index contributed by atoms with van der Waals surface area (Å²) in [6.45, 7) is 5.92. The first-order valence-electron chi connectivity index (χ1n) is 4.09. The minimum absolute atomic E-state index is 0.791. The molecule has 0 aliphatic heterocycles. The van der Waals surface area contributed by atoms with Crippen LogP contribution in [0.5, 0.6) is 0 Å². The zero-order valence-corrected chi connectivity index (χ0v) is 6.84. The van der Waals surface area contributed by atoms with E-state index < -0.39 is 0 Å². The molecule has 10 heavy (non-hydrogen) atoms. The first-order valence-corrected chi connectivity index (χ1v) is 4.09. The lowest BCUT2D eigenvalue weighted by atomic mass is 10.3. The molecule has 1 fully saturated rings. The standard InChI is InChI=1S/C9H16O/c1-3-10-6-4-5-9-7-8(9)2/h4-5,8-9H,3,6-7H2,1-2H3/b5-4-/t8?,9-/m1/s1. The Morgan fingerprint density at radius 3 is 2.80 bits per heavy atom. The van der Waals surface area contributed by atoms with Crippen molar-refractivity contribution in [2.45, 2.75) is 20.3 Å². The van der Waals surface area contributed by atoms with E-state index in [1.807, 2.05) is 6.92 Å². The molecule has 1 aliphatic carbocycles. The van der Waals surface area contributed by atoms with Crippen LogP contribution in [0.15, 0.2) is 12.2 Å². The van der Waals surface area contributed by atoms with Gasteiger partial charge in [-0.2, -0.15) is 0 Å². The van der Waals surface area contributed by atoms with Crippen LogP contribution in [0.4, 0.5) is 0 Å². The highest BCUT2D eigenvalue weighted by atomic mass is 16.5. The van der Waals surface area contributed by atoms with Crippen LogP contribution in [-0.2, 0) is 4.74 Å². The third kappa shape index (κ3) is 2.53. The molecular weight excluding hydrogens is 124 g/mol. The average Bonchev–Trinajstić information content (AvgIpc) is 2.60. The van der Waals surface area contributed by atoms with Crippen molar-refractivity contribution >= 4 is 0 Å². The number of allylic oxidation sites excluding steroid dienone is 1. The van der Waals surface area contributed by atoms with Crippen LogP contribution in [0.3, 0.4) is 0 Å². The Morgan fingerprint density at radius 2 is 2.30 bits per heavy atom. The van der Waals surface area contributed by atoms with Gasteiger partial charge in [0.1, 0.15) is 0 Å². The number of hydrogen-bond acceptors (Lipinski definition) is 1. The highest BCUT2D eigenvalue weighted by Crippen LogP contribution is 2.38. The lowest BCUT2D eigenvalue weighted by Gasteiger charge is -1.91. The zero-order chi connectivity index (χ0) is 7.40. The molecule has 1 heteroatoms. The van der Waals surface area contributed by atoms with Gasteiger partial charge in [0.25, 0.3) is 0 Å².